The topological polar surface area (TPSA) is 47.3 Å². The number of halogens is 3. The molecule has 0 saturated heterocycles. The van der Waals surface area contributed by atoms with Crippen molar-refractivity contribution in [1.29, 1.82) is 5.26 Å². The maximum atomic E-state index is 12.7. The third kappa shape index (κ3) is 3.08. The molecule has 0 fully saturated rings. The van der Waals surface area contributed by atoms with Crippen molar-refractivity contribution in [3.05, 3.63) is 53.6 Å². The Morgan fingerprint density at radius 1 is 1.10 bits per heavy atom. The summed E-state index contributed by atoms with van der Waals surface area (Å²) in [5, 5.41) is 18.3. The zero-order valence-corrected chi connectivity index (χ0v) is 11.0. The Balaban J connectivity index is 2.44. The molecule has 2 aromatic carbocycles. The van der Waals surface area contributed by atoms with Gasteiger partial charge in [-0.2, -0.15) is 18.4 Å². The number of hydrogen-bond donors (Lipinski definition) is 1. The van der Waals surface area contributed by atoms with E-state index >= 15 is 0 Å². The fourth-order valence-corrected chi connectivity index (χ4v) is 1.93. The molecule has 0 aliphatic rings. The molecule has 0 aromatic heterocycles. The van der Waals surface area contributed by atoms with Crippen LogP contribution in [0.25, 0.3) is 0 Å². The van der Waals surface area contributed by atoms with Crippen molar-refractivity contribution < 1.29 is 18.3 Å². The highest BCUT2D eigenvalue weighted by Gasteiger charge is 2.33. The van der Waals surface area contributed by atoms with Crippen LogP contribution in [-0.2, 0) is 6.18 Å². The molecule has 0 bridgehead atoms. The molecule has 3 nitrogen and oxygen atoms in total. The Kier molecular flexibility index (Phi) is 3.76. The highest BCUT2D eigenvalue weighted by atomic mass is 19.4. The molecule has 0 amide bonds. The summed E-state index contributed by atoms with van der Waals surface area (Å²) >= 11 is 0. The van der Waals surface area contributed by atoms with E-state index in [1.165, 1.54) is 24.3 Å². The predicted molar refractivity (Wildman–Crippen MR) is 72.3 cm³/mol. The van der Waals surface area contributed by atoms with Crippen LogP contribution in [0.4, 0.5) is 24.5 Å². The Morgan fingerprint density at radius 2 is 1.76 bits per heavy atom. The zero-order chi connectivity index (χ0) is 15.6. The highest BCUT2D eigenvalue weighted by molar-refractivity contribution is 5.66. The van der Waals surface area contributed by atoms with Crippen molar-refractivity contribution in [2.24, 2.45) is 0 Å². The van der Waals surface area contributed by atoms with Gasteiger partial charge in [-0.25, -0.2) is 0 Å². The van der Waals surface area contributed by atoms with Gasteiger partial charge >= 0.3 is 6.18 Å². The third-order valence-corrected chi connectivity index (χ3v) is 3.03. The van der Waals surface area contributed by atoms with Gasteiger partial charge in [0.1, 0.15) is 5.75 Å². The first kappa shape index (κ1) is 14.7. The first-order valence-electron chi connectivity index (χ1n) is 5.97. The van der Waals surface area contributed by atoms with E-state index in [0.717, 1.165) is 6.07 Å². The molecule has 1 N–H and O–H groups in total. The van der Waals surface area contributed by atoms with Crippen LogP contribution in [0.3, 0.4) is 0 Å². The SMILES string of the molecule is CN(c1cccc(O)c1)c1ccc(C(F)(F)F)c(C#N)c1. The molecule has 0 heterocycles. The number of anilines is 2. The molecule has 0 unspecified atom stereocenters. The largest absolute Gasteiger partial charge is 0.508 e. The minimum atomic E-state index is -4.56. The van der Waals surface area contributed by atoms with Crippen LogP contribution in [0.15, 0.2) is 42.5 Å². The van der Waals surface area contributed by atoms with Gasteiger partial charge in [0.2, 0.25) is 0 Å². The van der Waals surface area contributed by atoms with Crippen LogP contribution in [0.2, 0.25) is 0 Å². The number of phenols is 1. The number of hydrogen-bond acceptors (Lipinski definition) is 3. The summed E-state index contributed by atoms with van der Waals surface area (Å²) in [4.78, 5) is 1.58. The highest BCUT2D eigenvalue weighted by Crippen LogP contribution is 2.35. The minimum Gasteiger partial charge on any atom is -0.508 e. The lowest BCUT2D eigenvalue weighted by Crippen LogP contribution is -2.12. The van der Waals surface area contributed by atoms with E-state index in [0.29, 0.717) is 11.4 Å². The number of benzene rings is 2. The number of rotatable bonds is 2. The van der Waals surface area contributed by atoms with Gasteiger partial charge in [0, 0.05) is 24.5 Å². The normalized spacial score (nSPS) is 11.0. The number of nitrogens with zero attached hydrogens (tertiary/aromatic N) is 2. The van der Waals surface area contributed by atoms with Crippen molar-refractivity contribution in [3.8, 4) is 11.8 Å². The molecule has 21 heavy (non-hydrogen) atoms. The second kappa shape index (κ2) is 5.37. The Labute approximate surface area is 119 Å². The molecule has 0 radical (unpaired) electrons. The van der Waals surface area contributed by atoms with Crippen LogP contribution < -0.4 is 4.90 Å². The Bertz CT molecular complexity index is 705. The summed E-state index contributed by atoms with van der Waals surface area (Å²) in [7, 11) is 1.64. The molecule has 0 spiro atoms. The molecule has 6 heteroatoms. The molecule has 2 aromatic rings. The minimum absolute atomic E-state index is 0.0479. The van der Waals surface area contributed by atoms with E-state index in [9.17, 15) is 18.3 Å². The van der Waals surface area contributed by atoms with Crippen molar-refractivity contribution >= 4 is 11.4 Å². The van der Waals surface area contributed by atoms with Crippen LogP contribution in [-0.4, -0.2) is 12.2 Å². The number of alkyl halides is 3. The van der Waals surface area contributed by atoms with E-state index in [1.807, 2.05) is 0 Å². The Hall–Kier alpha value is -2.68. The van der Waals surface area contributed by atoms with E-state index in [2.05, 4.69) is 0 Å². The van der Waals surface area contributed by atoms with Crippen molar-refractivity contribution in [2.45, 2.75) is 6.18 Å². The van der Waals surface area contributed by atoms with Crippen molar-refractivity contribution in [1.82, 2.24) is 0 Å². The molecule has 108 valence electrons. The first-order valence-corrected chi connectivity index (χ1v) is 5.97. The summed E-state index contributed by atoms with van der Waals surface area (Å²) < 4.78 is 38.2. The molecular weight excluding hydrogens is 281 g/mol. The zero-order valence-electron chi connectivity index (χ0n) is 11.0. The smallest absolute Gasteiger partial charge is 0.417 e. The maximum absolute atomic E-state index is 12.7. The molecule has 0 saturated carbocycles. The van der Waals surface area contributed by atoms with Crippen LogP contribution in [0, 0.1) is 11.3 Å². The molecule has 2 rings (SSSR count). The molecular formula is C15H11F3N2O. The average molecular weight is 292 g/mol. The van der Waals surface area contributed by atoms with Crippen LogP contribution in [0.1, 0.15) is 11.1 Å². The first-order chi connectivity index (χ1) is 9.82. The third-order valence-electron chi connectivity index (χ3n) is 3.03. The molecule has 0 aliphatic heterocycles. The van der Waals surface area contributed by atoms with Crippen molar-refractivity contribution in [2.75, 3.05) is 11.9 Å². The number of nitriles is 1. The fraction of sp³-hybridized carbons (Fsp3) is 0.133. The van der Waals surface area contributed by atoms with Gasteiger partial charge in [-0.3, -0.25) is 0 Å². The fourth-order valence-electron chi connectivity index (χ4n) is 1.93. The summed E-state index contributed by atoms with van der Waals surface area (Å²) in [5.41, 5.74) is -0.381. The second-order valence-electron chi connectivity index (χ2n) is 4.42. The summed E-state index contributed by atoms with van der Waals surface area (Å²) in [6.45, 7) is 0. The van der Waals surface area contributed by atoms with Gasteiger partial charge in [0.15, 0.2) is 0 Å². The number of phenolic OH excluding ortho intramolecular Hbond substituents is 1. The van der Waals surface area contributed by atoms with Crippen LogP contribution >= 0.6 is 0 Å². The quantitative estimate of drug-likeness (QED) is 0.908. The Morgan fingerprint density at radius 3 is 2.33 bits per heavy atom. The summed E-state index contributed by atoms with van der Waals surface area (Å²) in [6, 6.07) is 11.2. The van der Waals surface area contributed by atoms with E-state index in [1.54, 1.807) is 30.1 Å². The monoisotopic (exact) mass is 292 g/mol. The predicted octanol–water partition coefficient (Wildman–Crippen LogP) is 4.05. The van der Waals surface area contributed by atoms with Crippen molar-refractivity contribution in [3.63, 3.8) is 0 Å². The van der Waals surface area contributed by atoms with Gasteiger partial charge in [0.05, 0.1) is 17.2 Å². The van der Waals surface area contributed by atoms with Gasteiger partial charge in [-0.1, -0.05) is 6.07 Å². The van der Waals surface area contributed by atoms with E-state index in [4.69, 9.17) is 5.26 Å². The van der Waals surface area contributed by atoms with E-state index < -0.39 is 17.3 Å². The van der Waals surface area contributed by atoms with Crippen LogP contribution in [0.5, 0.6) is 5.75 Å². The summed E-state index contributed by atoms with van der Waals surface area (Å²) in [6.07, 6.45) is -4.56. The lowest BCUT2D eigenvalue weighted by molar-refractivity contribution is -0.137. The van der Waals surface area contributed by atoms with Gasteiger partial charge in [-0.15, -0.1) is 0 Å². The van der Waals surface area contributed by atoms with E-state index in [-0.39, 0.29) is 5.75 Å². The summed E-state index contributed by atoms with van der Waals surface area (Å²) in [5.74, 6) is 0.0479. The maximum Gasteiger partial charge on any atom is 0.417 e. The molecule has 0 aliphatic carbocycles. The lowest BCUT2D eigenvalue weighted by Gasteiger charge is -2.21. The van der Waals surface area contributed by atoms with Gasteiger partial charge in [0.25, 0.3) is 0 Å². The second-order valence-corrected chi connectivity index (χ2v) is 4.42. The molecule has 0 atom stereocenters. The lowest BCUT2D eigenvalue weighted by atomic mass is 10.1. The standard InChI is InChI=1S/C15H11F3N2O/c1-20(11-3-2-4-13(21)8-11)12-5-6-14(15(16,17)18)10(7-12)9-19/h2-8,21H,1H3. The number of aromatic hydroxyl groups is 1. The average Bonchev–Trinajstić information content (AvgIpc) is 2.44. The van der Waals surface area contributed by atoms with Gasteiger partial charge < -0.3 is 10.0 Å². The van der Waals surface area contributed by atoms with Gasteiger partial charge in [-0.05, 0) is 30.3 Å².